The van der Waals surface area contributed by atoms with Crippen molar-refractivity contribution in [2.45, 2.75) is 37.7 Å². The standard InChI is InChI=1S/C20H25NOS/c1-14-13-19-18(9-12-23-19)20(22,15-7-10-21(2)11-8-15)17-6-4-3-5-16(14)17/h3-6,9,12,14-15,22H,7-8,10-11,13H2,1-2H3. The molecule has 0 saturated carbocycles. The van der Waals surface area contributed by atoms with Crippen molar-refractivity contribution in [1.29, 1.82) is 0 Å². The zero-order valence-corrected chi connectivity index (χ0v) is 14.8. The minimum absolute atomic E-state index is 0.304. The van der Waals surface area contributed by atoms with Crippen LogP contribution >= 0.6 is 11.3 Å². The Morgan fingerprint density at radius 3 is 2.65 bits per heavy atom. The Labute approximate surface area is 142 Å². The second kappa shape index (κ2) is 5.73. The smallest absolute Gasteiger partial charge is 0.119 e. The highest BCUT2D eigenvalue weighted by Crippen LogP contribution is 2.49. The summed E-state index contributed by atoms with van der Waals surface area (Å²) in [5, 5.41) is 14.2. The third-order valence-corrected chi connectivity index (χ3v) is 6.80. The first-order valence-corrected chi connectivity index (χ1v) is 9.56. The first kappa shape index (κ1) is 15.4. The van der Waals surface area contributed by atoms with Crippen LogP contribution in [0.4, 0.5) is 0 Å². The summed E-state index contributed by atoms with van der Waals surface area (Å²) in [6.07, 6.45) is 3.16. The van der Waals surface area contributed by atoms with E-state index in [0.29, 0.717) is 11.8 Å². The van der Waals surface area contributed by atoms with E-state index >= 15 is 0 Å². The number of hydrogen-bond donors (Lipinski definition) is 1. The Hall–Kier alpha value is -1.16. The van der Waals surface area contributed by atoms with Crippen molar-refractivity contribution in [2.24, 2.45) is 5.92 Å². The number of rotatable bonds is 1. The third kappa shape index (κ3) is 2.37. The van der Waals surface area contributed by atoms with E-state index in [1.807, 2.05) is 11.3 Å². The number of aliphatic hydroxyl groups is 1. The minimum Gasteiger partial charge on any atom is -0.380 e. The number of likely N-dealkylation sites (tertiary alicyclic amines) is 1. The van der Waals surface area contributed by atoms with Crippen molar-refractivity contribution in [3.63, 3.8) is 0 Å². The predicted molar refractivity (Wildman–Crippen MR) is 96.1 cm³/mol. The van der Waals surface area contributed by atoms with Crippen LogP contribution in [0.3, 0.4) is 0 Å². The van der Waals surface area contributed by atoms with Crippen LogP contribution in [-0.2, 0) is 12.0 Å². The molecule has 2 aliphatic rings. The fraction of sp³-hybridized carbons (Fsp3) is 0.500. The van der Waals surface area contributed by atoms with Crippen LogP contribution < -0.4 is 0 Å². The number of piperidine rings is 1. The molecule has 1 aromatic carbocycles. The average Bonchev–Trinajstić information content (AvgIpc) is 3.00. The fourth-order valence-corrected chi connectivity index (χ4v) is 5.58. The summed E-state index contributed by atoms with van der Waals surface area (Å²) in [6, 6.07) is 10.8. The van der Waals surface area contributed by atoms with E-state index in [0.717, 1.165) is 37.9 Å². The monoisotopic (exact) mass is 327 g/mol. The second-order valence-electron chi connectivity index (χ2n) is 7.29. The van der Waals surface area contributed by atoms with Gasteiger partial charge >= 0.3 is 0 Å². The van der Waals surface area contributed by atoms with E-state index in [1.165, 1.54) is 16.0 Å². The summed E-state index contributed by atoms with van der Waals surface area (Å²) in [4.78, 5) is 3.75. The molecule has 1 aliphatic heterocycles. The summed E-state index contributed by atoms with van der Waals surface area (Å²) >= 11 is 1.81. The molecule has 1 N–H and O–H groups in total. The Kier molecular flexibility index (Phi) is 3.83. The molecule has 0 radical (unpaired) electrons. The quantitative estimate of drug-likeness (QED) is 0.856. The molecule has 2 heterocycles. The molecule has 0 spiro atoms. The average molecular weight is 327 g/mol. The molecule has 4 rings (SSSR count). The molecular weight excluding hydrogens is 302 g/mol. The van der Waals surface area contributed by atoms with Gasteiger partial charge in [0.2, 0.25) is 0 Å². The normalized spacial score (nSPS) is 28.9. The van der Waals surface area contributed by atoms with Gasteiger partial charge in [-0.25, -0.2) is 0 Å². The molecule has 0 bridgehead atoms. The molecule has 23 heavy (non-hydrogen) atoms. The van der Waals surface area contributed by atoms with E-state index in [4.69, 9.17) is 0 Å². The van der Waals surface area contributed by atoms with Crippen molar-refractivity contribution in [3.05, 3.63) is 57.3 Å². The van der Waals surface area contributed by atoms with E-state index in [1.54, 1.807) is 0 Å². The number of nitrogens with zero attached hydrogens (tertiary/aromatic N) is 1. The Morgan fingerprint density at radius 2 is 1.87 bits per heavy atom. The maximum Gasteiger partial charge on any atom is 0.119 e. The van der Waals surface area contributed by atoms with Gasteiger partial charge in [-0.2, -0.15) is 0 Å². The van der Waals surface area contributed by atoms with E-state index in [2.05, 4.69) is 54.6 Å². The largest absolute Gasteiger partial charge is 0.380 e. The van der Waals surface area contributed by atoms with E-state index < -0.39 is 5.60 Å². The summed E-state index contributed by atoms with van der Waals surface area (Å²) in [6.45, 7) is 4.44. The van der Waals surface area contributed by atoms with Crippen molar-refractivity contribution in [2.75, 3.05) is 20.1 Å². The molecule has 2 nitrogen and oxygen atoms in total. The predicted octanol–water partition coefficient (Wildman–Crippen LogP) is 3.99. The highest BCUT2D eigenvalue weighted by molar-refractivity contribution is 7.10. The van der Waals surface area contributed by atoms with Gasteiger partial charge in [0.1, 0.15) is 5.60 Å². The van der Waals surface area contributed by atoms with Crippen molar-refractivity contribution in [3.8, 4) is 0 Å². The zero-order valence-electron chi connectivity index (χ0n) is 14.0. The van der Waals surface area contributed by atoms with E-state index in [-0.39, 0.29) is 0 Å². The third-order valence-electron chi connectivity index (χ3n) is 5.86. The van der Waals surface area contributed by atoms with Gasteiger partial charge in [-0.15, -0.1) is 11.3 Å². The van der Waals surface area contributed by atoms with Crippen LogP contribution in [0.5, 0.6) is 0 Å². The van der Waals surface area contributed by atoms with Crippen LogP contribution in [0.15, 0.2) is 35.7 Å². The van der Waals surface area contributed by atoms with Crippen molar-refractivity contribution >= 4 is 11.3 Å². The van der Waals surface area contributed by atoms with Gasteiger partial charge in [0.15, 0.2) is 0 Å². The minimum atomic E-state index is -0.821. The molecule has 122 valence electrons. The lowest BCUT2D eigenvalue weighted by Gasteiger charge is -2.41. The molecule has 0 amide bonds. The summed E-state index contributed by atoms with van der Waals surface area (Å²) in [5.41, 5.74) is 2.84. The van der Waals surface area contributed by atoms with Crippen LogP contribution in [-0.4, -0.2) is 30.1 Å². The van der Waals surface area contributed by atoms with Crippen LogP contribution in [0, 0.1) is 5.92 Å². The van der Waals surface area contributed by atoms with Gasteiger partial charge < -0.3 is 10.0 Å². The van der Waals surface area contributed by atoms with Crippen molar-refractivity contribution < 1.29 is 5.11 Å². The lowest BCUT2D eigenvalue weighted by molar-refractivity contribution is -0.0111. The molecular formula is C20H25NOS. The maximum absolute atomic E-state index is 12.1. The van der Waals surface area contributed by atoms with Gasteiger partial charge in [0.05, 0.1) is 0 Å². The lowest BCUT2D eigenvalue weighted by Crippen LogP contribution is -2.43. The SMILES string of the molecule is CC1Cc2sccc2C(O)(C2CCN(C)CC2)c2ccccc21. The molecule has 2 aromatic rings. The van der Waals surface area contributed by atoms with Crippen LogP contribution in [0.25, 0.3) is 0 Å². The molecule has 2 atom stereocenters. The Morgan fingerprint density at radius 1 is 1.13 bits per heavy atom. The summed E-state index contributed by atoms with van der Waals surface area (Å²) in [5.74, 6) is 0.766. The number of hydrogen-bond acceptors (Lipinski definition) is 3. The molecule has 3 heteroatoms. The number of thiophene rings is 1. The first-order valence-electron chi connectivity index (χ1n) is 8.68. The highest BCUT2D eigenvalue weighted by Gasteiger charge is 2.46. The molecule has 1 aromatic heterocycles. The fourth-order valence-electron chi connectivity index (χ4n) is 4.51. The van der Waals surface area contributed by atoms with Crippen LogP contribution in [0.2, 0.25) is 0 Å². The molecule has 2 unspecified atom stereocenters. The van der Waals surface area contributed by atoms with Crippen LogP contribution in [0.1, 0.15) is 47.3 Å². The molecule has 1 saturated heterocycles. The first-order chi connectivity index (χ1) is 11.1. The molecule has 1 fully saturated rings. The summed E-state index contributed by atoms with van der Waals surface area (Å²) in [7, 11) is 2.18. The lowest BCUT2D eigenvalue weighted by atomic mass is 9.71. The maximum atomic E-state index is 12.1. The van der Waals surface area contributed by atoms with Gasteiger partial charge in [0, 0.05) is 10.4 Å². The topological polar surface area (TPSA) is 23.5 Å². The van der Waals surface area contributed by atoms with Crippen molar-refractivity contribution in [1.82, 2.24) is 4.90 Å². The van der Waals surface area contributed by atoms with Gasteiger partial charge in [-0.1, -0.05) is 31.2 Å². The van der Waals surface area contributed by atoms with Gasteiger partial charge in [-0.05, 0) is 73.8 Å². The number of benzene rings is 1. The highest BCUT2D eigenvalue weighted by atomic mass is 32.1. The molecule has 1 aliphatic carbocycles. The van der Waals surface area contributed by atoms with Gasteiger partial charge in [0.25, 0.3) is 0 Å². The number of fused-ring (bicyclic) bond motifs is 2. The van der Waals surface area contributed by atoms with E-state index in [9.17, 15) is 5.11 Å². The summed E-state index contributed by atoms with van der Waals surface area (Å²) < 4.78 is 0. The second-order valence-corrected chi connectivity index (χ2v) is 8.29. The van der Waals surface area contributed by atoms with Gasteiger partial charge in [-0.3, -0.25) is 0 Å². The Balaban J connectivity index is 1.89. The zero-order chi connectivity index (χ0) is 16.0. The Bertz CT molecular complexity index is 701.